The van der Waals surface area contributed by atoms with Gasteiger partial charge < -0.3 is 25.2 Å². The van der Waals surface area contributed by atoms with E-state index in [1.807, 2.05) is 0 Å². The summed E-state index contributed by atoms with van der Waals surface area (Å²) in [5, 5.41) is 15.7. The average molecular weight is 272 g/mol. The van der Waals surface area contributed by atoms with Gasteiger partial charge in [-0.05, 0) is 38.8 Å². The van der Waals surface area contributed by atoms with E-state index in [-0.39, 0.29) is 25.2 Å². The minimum absolute atomic E-state index is 0.0462. The molecule has 110 valence electrons. The van der Waals surface area contributed by atoms with Gasteiger partial charge in [-0.1, -0.05) is 0 Å². The van der Waals surface area contributed by atoms with Gasteiger partial charge in [-0.15, -0.1) is 0 Å². The maximum Gasteiger partial charge on any atom is 0.246 e. The van der Waals surface area contributed by atoms with Crippen LogP contribution < -0.4 is 10.6 Å². The van der Waals surface area contributed by atoms with E-state index in [0.29, 0.717) is 26.1 Å². The fourth-order valence-corrected chi connectivity index (χ4v) is 2.57. The van der Waals surface area contributed by atoms with E-state index in [9.17, 15) is 9.90 Å². The van der Waals surface area contributed by atoms with E-state index in [1.54, 1.807) is 0 Å². The summed E-state index contributed by atoms with van der Waals surface area (Å²) in [6.45, 7) is 3.09. The van der Waals surface area contributed by atoms with Crippen LogP contribution in [0.1, 0.15) is 25.7 Å². The van der Waals surface area contributed by atoms with E-state index < -0.39 is 5.54 Å². The molecule has 0 aromatic carbocycles. The number of rotatable bonds is 5. The third kappa shape index (κ3) is 4.42. The van der Waals surface area contributed by atoms with Crippen LogP contribution in [0, 0.1) is 0 Å². The molecule has 6 nitrogen and oxygen atoms in total. The van der Waals surface area contributed by atoms with Gasteiger partial charge in [0, 0.05) is 13.2 Å². The summed E-state index contributed by atoms with van der Waals surface area (Å²) in [7, 11) is 0. The Labute approximate surface area is 113 Å². The third-order valence-electron chi connectivity index (χ3n) is 3.89. The minimum atomic E-state index is -0.521. The van der Waals surface area contributed by atoms with Crippen LogP contribution in [0.25, 0.3) is 0 Å². The van der Waals surface area contributed by atoms with Crippen molar-refractivity contribution < 1.29 is 19.4 Å². The lowest BCUT2D eigenvalue weighted by Gasteiger charge is -2.36. The number of ether oxygens (including phenoxy) is 2. The maximum absolute atomic E-state index is 11.9. The van der Waals surface area contributed by atoms with Crippen molar-refractivity contribution in [2.24, 2.45) is 0 Å². The first kappa shape index (κ1) is 14.7. The van der Waals surface area contributed by atoms with Gasteiger partial charge in [0.25, 0.3) is 0 Å². The second-order valence-electron chi connectivity index (χ2n) is 5.36. The smallest absolute Gasteiger partial charge is 0.246 e. The summed E-state index contributed by atoms with van der Waals surface area (Å²) in [6, 6.07) is 0. The number of carbonyl (C=O) groups is 1. The molecule has 0 aromatic rings. The van der Waals surface area contributed by atoms with E-state index in [1.165, 1.54) is 0 Å². The average Bonchev–Trinajstić information content (AvgIpc) is 2.47. The summed E-state index contributed by atoms with van der Waals surface area (Å²) >= 11 is 0. The van der Waals surface area contributed by atoms with Crippen molar-refractivity contribution in [3.05, 3.63) is 0 Å². The highest BCUT2D eigenvalue weighted by Crippen LogP contribution is 2.20. The van der Waals surface area contributed by atoms with E-state index in [0.717, 1.165) is 25.9 Å². The second-order valence-corrected chi connectivity index (χ2v) is 5.36. The number of aliphatic hydroxyl groups excluding tert-OH is 1. The molecule has 0 bridgehead atoms. The minimum Gasteiger partial charge on any atom is -0.394 e. The molecule has 2 heterocycles. The number of hydrogen-bond acceptors (Lipinski definition) is 5. The lowest BCUT2D eigenvalue weighted by Crippen LogP contribution is -2.55. The first-order valence-corrected chi connectivity index (χ1v) is 7.06. The van der Waals surface area contributed by atoms with Gasteiger partial charge in [0.1, 0.15) is 6.61 Å². The van der Waals surface area contributed by atoms with Crippen molar-refractivity contribution >= 4 is 5.91 Å². The molecular formula is C13H24N2O4. The summed E-state index contributed by atoms with van der Waals surface area (Å²) in [5.74, 6) is -0.144. The van der Waals surface area contributed by atoms with Gasteiger partial charge in [0.05, 0.1) is 18.2 Å². The summed E-state index contributed by atoms with van der Waals surface area (Å²) in [5.41, 5.74) is -0.521. The Morgan fingerprint density at radius 3 is 2.68 bits per heavy atom. The van der Waals surface area contributed by atoms with Crippen molar-refractivity contribution in [2.75, 3.05) is 39.5 Å². The monoisotopic (exact) mass is 272 g/mol. The number of piperidine rings is 1. The molecule has 2 saturated heterocycles. The van der Waals surface area contributed by atoms with Gasteiger partial charge in [-0.25, -0.2) is 0 Å². The highest BCUT2D eigenvalue weighted by atomic mass is 16.5. The lowest BCUT2D eigenvalue weighted by molar-refractivity contribution is -0.132. The predicted molar refractivity (Wildman–Crippen MR) is 69.9 cm³/mol. The van der Waals surface area contributed by atoms with Crippen molar-refractivity contribution in [1.82, 2.24) is 10.6 Å². The number of amides is 1. The van der Waals surface area contributed by atoms with Crippen LogP contribution in [0.3, 0.4) is 0 Å². The van der Waals surface area contributed by atoms with Crippen LogP contribution in [0.5, 0.6) is 0 Å². The van der Waals surface area contributed by atoms with Crippen LogP contribution in [0.15, 0.2) is 0 Å². The van der Waals surface area contributed by atoms with Gasteiger partial charge in [0.15, 0.2) is 0 Å². The van der Waals surface area contributed by atoms with Gasteiger partial charge in [-0.3, -0.25) is 4.79 Å². The quantitative estimate of drug-likeness (QED) is 0.623. The largest absolute Gasteiger partial charge is 0.394 e. The molecule has 0 saturated carbocycles. The Balaban J connectivity index is 1.72. The van der Waals surface area contributed by atoms with Crippen LogP contribution in [0.2, 0.25) is 0 Å². The molecule has 3 N–H and O–H groups in total. The van der Waals surface area contributed by atoms with Crippen molar-refractivity contribution in [1.29, 1.82) is 0 Å². The molecule has 2 aliphatic rings. The zero-order valence-electron chi connectivity index (χ0n) is 11.3. The standard InChI is InChI=1S/C13H24N2O4/c16-10-13(3-7-18-8-4-13)15-12(17)9-19-11-1-5-14-6-2-11/h11,14,16H,1-10H2,(H,15,17). The second kappa shape index (κ2) is 7.19. The van der Waals surface area contributed by atoms with Crippen molar-refractivity contribution in [2.45, 2.75) is 37.3 Å². The Bertz CT molecular complexity index is 286. The van der Waals surface area contributed by atoms with Crippen molar-refractivity contribution in [3.8, 4) is 0 Å². The number of aliphatic hydroxyl groups is 1. The molecule has 0 aliphatic carbocycles. The fourth-order valence-electron chi connectivity index (χ4n) is 2.57. The number of carbonyl (C=O) groups excluding carboxylic acids is 1. The molecule has 6 heteroatoms. The zero-order valence-corrected chi connectivity index (χ0v) is 11.3. The number of nitrogens with one attached hydrogen (secondary N) is 2. The SMILES string of the molecule is O=C(COC1CCNCC1)NC1(CO)CCOCC1. The van der Waals surface area contributed by atoms with Crippen LogP contribution in [-0.2, 0) is 14.3 Å². The topological polar surface area (TPSA) is 79.8 Å². The highest BCUT2D eigenvalue weighted by Gasteiger charge is 2.33. The summed E-state index contributed by atoms with van der Waals surface area (Å²) < 4.78 is 10.9. The highest BCUT2D eigenvalue weighted by molar-refractivity contribution is 5.78. The van der Waals surface area contributed by atoms with Gasteiger partial charge in [-0.2, -0.15) is 0 Å². The zero-order chi connectivity index (χ0) is 13.6. The van der Waals surface area contributed by atoms with E-state index >= 15 is 0 Å². The maximum atomic E-state index is 11.9. The van der Waals surface area contributed by atoms with Crippen molar-refractivity contribution in [3.63, 3.8) is 0 Å². The number of hydrogen-bond donors (Lipinski definition) is 3. The van der Waals surface area contributed by atoms with Crippen LogP contribution in [-0.4, -0.2) is 62.2 Å². The fraction of sp³-hybridized carbons (Fsp3) is 0.923. The molecule has 2 fully saturated rings. The van der Waals surface area contributed by atoms with Crippen LogP contribution >= 0.6 is 0 Å². The molecule has 19 heavy (non-hydrogen) atoms. The Morgan fingerprint density at radius 2 is 2.05 bits per heavy atom. The Kier molecular flexibility index (Phi) is 5.57. The molecule has 0 unspecified atom stereocenters. The molecule has 0 aromatic heterocycles. The predicted octanol–water partition coefficient (Wildman–Crippen LogP) is -0.587. The van der Waals surface area contributed by atoms with Gasteiger partial charge in [0.2, 0.25) is 5.91 Å². The molecule has 1 amide bonds. The van der Waals surface area contributed by atoms with Gasteiger partial charge >= 0.3 is 0 Å². The molecule has 0 atom stereocenters. The van der Waals surface area contributed by atoms with Crippen LogP contribution in [0.4, 0.5) is 0 Å². The molecular weight excluding hydrogens is 248 g/mol. The molecule has 0 spiro atoms. The lowest BCUT2D eigenvalue weighted by atomic mass is 9.91. The third-order valence-corrected chi connectivity index (χ3v) is 3.89. The van der Waals surface area contributed by atoms with E-state index in [2.05, 4.69) is 10.6 Å². The first-order valence-electron chi connectivity index (χ1n) is 7.06. The van der Waals surface area contributed by atoms with E-state index in [4.69, 9.17) is 9.47 Å². The Hall–Kier alpha value is -0.690. The Morgan fingerprint density at radius 1 is 1.37 bits per heavy atom. The summed E-state index contributed by atoms with van der Waals surface area (Å²) in [4.78, 5) is 11.9. The first-order chi connectivity index (χ1) is 9.24. The molecule has 0 radical (unpaired) electrons. The summed E-state index contributed by atoms with van der Waals surface area (Å²) in [6.07, 6.45) is 3.38. The normalized spacial score (nSPS) is 24.1. The molecule has 2 aliphatic heterocycles. The molecule has 2 rings (SSSR count).